The summed E-state index contributed by atoms with van der Waals surface area (Å²) in [6, 6.07) is 18.8. The molecule has 0 aliphatic heterocycles. The van der Waals surface area contributed by atoms with Crippen LogP contribution in [0.4, 0.5) is 11.4 Å². The number of benzene rings is 3. The summed E-state index contributed by atoms with van der Waals surface area (Å²) >= 11 is 0. The van der Waals surface area contributed by atoms with Gasteiger partial charge in [-0.2, -0.15) is 0 Å². The van der Waals surface area contributed by atoms with E-state index in [1.807, 2.05) is 6.92 Å². The first-order valence-electron chi connectivity index (χ1n) is 10.7. The number of rotatable bonds is 9. The molecule has 35 heavy (non-hydrogen) atoms. The molecule has 3 aromatic rings. The van der Waals surface area contributed by atoms with Gasteiger partial charge < -0.3 is 15.0 Å². The first-order chi connectivity index (χ1) is 16.7. The molecule has 0 aliphatic carbocycles. The Balaban J connectivity index is 1.60. The second kappa shape index (κ2) is 11.2. The number of terminal acetylenes is 1. The van der Waals surface area contributed by atoms with Crippen LogP contribution in [-0.2, 0) is 14.8 Å². The first-order valence-corrected chi connectivity index (χ1v) is 12.2. The first kappa shape index (κ1) is 25.3. The van der Waals surface area contributed by atoms with Crippen LogP contribution in [0, 0.1) is 12.3 Å². The van der Waals surface area contributed by atoms with E-state index in [0.29, 0.717) is 34.9 Å². The van der Waals surface area contributed by atoms with E-state index in [4.69, 9.17) is 11.2 Å². The minimum atomic E-state index is -3.81. The molecule has 3 aromatic carbocycles. The van der Waals surface area contributed by atoms with Crippen molar-refractivity contribution in [2.24, 2.45) is 0 Å². The van der Waals surface area contributed by atoms with Crippen LogP contribution in [0.15, 0.2) is 77.7 Å². The Morgan fingerprint density at radius 3 is 2.31 bits per heavy atom. The lowest BCUT2D eigenvalue weighted by Gasteiger charge is -2.17. The molecule has 0 saturated heterocycles. The van der Waals surface area contributed by atoms with Gasteiger partial charge >= 0.3 is 0 Å². The number of nitrogens with zero attached hydrogens (tertiary/aromatic N) is 1. The van der Waals surface area contributed by atoms with Crippen LogP contribution in [0.1, 0.15) is 22.8 Å². The van der Waals surface area contributed by atoms with Crippen molar-refractivity contribution in [2.75, 3.05) is 30.2 Å². The number of likely N-dealkylation sites (N-methyl/N-ethyl adjacent to an activating group) is 1. The Morgan fingerprint density at radius 2 is 1.69 bits per heavy atom. The molecule has 0 aromatic heterocycles. The van der Waals surface area contributed by atoms with E-state index in [1.54, 1.807) is 36.4 Å². The lowest BCUT2D eigenvalue weighted by atomic mass is 10.2. The van der Waals surface area contributed by atoms with Gasteiger partial charge in [0, 0.05) is 29.5 Å². The second-order valence-electron chi connectivity index (χ2n) is 7.52. The molecular weight excluding hydrogens is 466 g/mol. The number of nitrogens with one attached hydrogen (secondary N) is 2. The van der Waals surface area contributed by atoms with E-state index < -0.39 is 15.9 Å². The normalized spacial score (nSPS) is 10.7. The van der Waals surface area contributed by atoms with E-state index in [-0.39, 0.29) is 17.3 Å². The Labute approximate surface area is 205 Å². The number of anilines is 2. The number of hydrogen-bond donors (Lipinski definition) is 2. The summed E-state index contributed by atoms with van der Waals surface area (Å²) in [5.41, 5.74) is 1.77. The Hall–Kier alpha value is -4.29. The maximum absolute atomic E-state index is 12.7. The summed E-state index contributed by atoms with van der Waals surface area (Å²) in [6.07, 6.45) is 5.37. The van der Waals surface area contributed by atoms with Gasteiger partial charge in [0.25, 0.3) is 15.9 Å². The minimum absolute atomic E-state index is 0.0830. The van der Waals surface area contributed by atoms with Crippen LogP contribution < -0.4 is 14.8 Å². The minimum Gasteiger partial charge on any atom is -0.494 e. The second-order valence-corrected chi connectivity index (χ2v) is 9.20. The highest BCUT2D eigenvalue weighted by Crippen LogP contribution is 2.20. The SMILES string of the molecule is C#Cc1cccc(NC(=O)CN(C)C(=O)c2ccc(NS(=O)(=O)c3ccc(OCC)cc3)cc2)c1. The van der Waals surface area contributed by atoms with E-state index in [2.05, 4.69) is 16.0 Å². The van der Waals surface area contributed by atoms with Crippen LogP contribution in [0.25, 0.3) is 0 Å². The van der Waals surface area contributed by atoms with Crippen molar-refractivity contribution in [3.05, 3.63) is 83.9 Å². The summed E-state index contributed by atoms with van der Waals surface area (Å²) in [4.78, 5) is 26.4. The van der Waals surface area contributed by atoms with Gasteiger partial charge in [0.1, 0.15) is 5.75 Å². The van der Waals surface area contributed by atoms with E-state index in [1.165, 1.54) is 48.3 Å². The third-order valence-corrected chi connectivity index (χ3v) is 6.27. The average Bonchev–Trinajstić information content (AvgIpc) is 2.84. The summed E-state index contributed by atoms with van der Waals surface area (Å²) in [5, 5.41) is 2.70. The van der Waals surface area contributed by atoms with E-state index >= 15 is 0 Å². The van der Waals surface area contributed by atoms with Gasteiger partial charge in [-0.05, 0) is 73.7 Å². The molecule has 0 aliphatic rings. The number of carbonyl (C=O) groups is 2. The zero-order chi connectivity index (χ0) is 25.4. The lowest BCUT2D eigenvalue weighted by Crippen LogP contribution is -2.34. The number of carbonyl (C=O) groups excluding carboxylic acids is 2. The van der Waals surface area contributed by atoms with Gasteiger partial charge in [-0.15, -0.1) is 6.42 Å². The molecule has 8 nitrogen and oxygen atoms in total. The van der Waals surface area contributed by atoms with Crippen molar-refractivity contribution in [1.29, 1.82) is 0 Å². The predicted molar refractivity (Wildman–Crippen MR) is 135 cm³/mol. The molecular formula is C26H25N3O5S. The monoisotopic (exact) mass is 491 g/mol. The largest absolute Gasteiger partial charge is 0.494 e. The quantitative estimate of drug-likeness (QED) is 0.445. The highest BCUT2D eigenvalue weighted by Gasteiger charge is 2.17. The van der Waals surface area contributed by atoms with Gasteiger partial charge in [-0.25, -0.2) is 8.42 Å². The fourth-order valence-electron chi connectivity index (χ4n) is 3.17. The predicted octanol–water partition coefficient (Wildman–Crippen LogP) is 3.58. The zero-order valence-corrected chi connectivity index (χ0v) is 20.1. The van der Waals surface area contributed by atoms with Gasteiger partial charge in [0.05, 0.1) is 18.0 Å². The standard InChI is InChI=1S/C26H25N3O5S/c1-4-19-7-6-8-22(17-19)27-25(30)18-29(3)26(31)20-9-11-21(12-10-20)28-35(32,33)24-15-13-23(14-16-24)34-5-2/h1,6-17,28H,5,18H2,2-3H3,(H,27,30). The van der Waals surface area contributed by atoms with E-state index in [9.17, 15) is 18.0 Å². The van der Waals surface area contributed by atoms with Crippen LogP contribution >= 0.6 is 0 Å². The molecule has 0 atom stereocenters. The maximum atomic E-state index is 12.7. The third kappa shape index (κ3) is 6.85. The number of sulfonamides is 1. The Bertz CT molecular complexity index is 1340. The van der Waals surface area contributed by atoms with Gasteiger partial charge in [-0.1, -0.05) is 12.0 Å². The van der Waals surface area contributed by atoms with Crippen molar-refractivity contribution >= 4 is 33.2 Å². The van der Waals surface area contributed by atoms with Crippen LogP contribution in [0.5, 0.6) is 5.75 Å². The molecule has 3 rings (SSSR count). The zero-order valence-electron chi connectivity index (χ0n) is 19.3. The summed E-state index contributed by atoms with van der Waals surface area (Å²) in [6.45, 7) is 2.15. The van der Waals surface area contributed by atoms with Crippen molar-refractivity contribution in [3.8, 4) is 18.1 Å². The number of hydrogen-bond acceptors (Lipinski definition) is 5. The van der Waals surface area contributed by atoms with Crippen LogP contribution in [0.2, 0.25) is 0 Å². The molecule has 0 radical (unpaired) electrons. The van der Waals surface area contributed by atoms with Crippen molar-refractivity contribution in [3.63, 3.8) is 0 Å². The smallest absolute Gasteiger partial charge is 0.261 e. The maximum Gasteiger partial charge on any atom is 0.261 e. The molecule has 9 heteroatoms. The molecule has 180 valence electrons. The molecule has 0 heterocycles. The molecule has 0 unspecified atom stereocenters. The molecule has 2 N–H and O–H groups in total. The van der Waals surface area contributed by atoms with Crippen molar-refractivity contribution in [2.45, 2.75) is 11.8 Å². The van der Waals surface area contributed by atoms with Crippen LogP contribution in [0.3, 0.4) is 0 Å². The van der Waals surface area contributed by atoms with Crippen LogP contribution in [-0.4, -0.2) is 45.3 Å². The molecule has 0 spiro atoms. The Kier molecular flexibility index (Phi) is 8.12. The highest BCUT2D eigenvalue weighted by molar-refractivity contribution is 7.92. The number of amides is 2. The molecule has 0 fully saturated rings. The number of ether oxygens (including phenoxy) is 1. The van der Waals surface area contributed by atoms with Gasteiger partial charge in [0.15, 0.2) is 0 Å². The highest BCUT2D eigenvalue weighted by atomic mass is 32.2. The Morgan fingerprint density at radius 1 is 1.00 bits per heavy atom. The van der Waals surface area contributed by atoms with Crippen molar-refractivity contribution < 1.29 is 22.7 Å². The molecule has 0 bridgehead atoms. The molecule has 0 saturated carbocycles. The van der Waals surface area contributed by atoms with Crippen molar-refractivity contribution in [1.82, 2.24) is 4.90 Å². The lowest BCUT2D eigenvalue weighted by molar-refractivity contribution is -0.116. The summed E-state index contributed by atoms with van der Waals surface area (Å²) in [5.74, 6) is 2.30. The summed E-state index contributed by atoms with van der Waals surface area (Å²) < 4.78 is 33.1. The third-order valence-electron chi connectivity index (χ3n) is 4.87. The summed E-state index contributed by atoms with van der Waals surface area (Å²) in [7, 11) is -2.31. The topological polar surface area (TPSA) is 105 Å². The fourth-order valence-corrected chi connectivity index (χ4v) is 4.23. The average molecular weight is 492 g/mol. The van der Waals surface area contributed by atoms with Gasteiger partial charge in [0.2, 0.25) is 5.91 Å². The fraction of sp³-hybridized carbons (Fsp3) is 0.154. The van der Waals surface area contributed by atoms with E-state index in [0.717, 1.165) is 0 Å². The van der Waals surface area contributed by atoms with Gasteiger partial charge in [-0.3, -0.25) is 14.3 Å². The molecule has 2 amide bonds.